The van der Waals surface area contributed by atoms with E-state index in [9.17, 15) is 5.26 Å². The Hall–Kier alpha value is -4.07. The maximum atomic E-state index is 15.2. The number of halogens is 1. The number of fused-ring (bicyclic) bond motifs is 1. The van der Waals surface area contributed by atoms with Crippen molar-refractivity contribution in [2.75, 3.05) is 39.4 Å². The molecule has 1 aromatic carbocycles. The number of nitriles is 1. The van der Waals surface area contributed by atoms with Gasteiger partial charge in [-0.3, -0.25) is 0 Å². The Morgan fingerprint density at radius 1 is 1.26 bits per heavy atom. The average Bonchev–Trinajstić information content (AvgIpc) is 3.40. The molecule has 0 atom stereocenters. The van der Waals surface area contributed by atoms with Gasteiger partial charge in [0.15, 0.2) is 5.65 Å². The van der Waals surface area contributed by atoms with E-state index in [0.29, 0.717) is 71.6 Å². The maximum Gasteiger partial charge on any atom is 0.181 e. The van der Waals surface area contributed by atoms with Crippen LogP contribution in [0.4, 0.5) is 4.39 Å². The molecule has 2 saturated heterocycles. The fourth-order valence-electron chi connectivity index (χ4n) is 4.71. The van der Waals surface area contributed by atoms with Crippen molar-refractivity contribution in [1.82, 2.24) is 30.2 Å². The highest BCUT2D eigenvalue weighted by molar-refractivity contribution is 5.89. The summed E-state index contributed by atoms with van der Waals surface area (Å²) in [5.41, 5.74) is 3.86. The van der Waals surface area contributed by atoms with Crippen molar-refractivity contribution in [2.24, 2.45) is 0 Å². The third-order valence-corrected chi connectivity index (χ3v) is 6.75. The van der Waals surface area contributed by atoms with Gasteiger partial charge in [0.05, 0.1) is 30.2 Å². The topological polar surface area (TPSA) is 112 Å². The number of rotatable bonds is 7. The fourth-order valence-corrected chi connectivity index (χ4v) is 4.71. The average molecular weight is 516 g/mol. The first-order valence-corrected chi connectivity index (χ1v) is 12.7. The molecule has 2 N–H and O–H groups in total. The first-order chi connectivity index (χ1) is 18.6. The van der Waals surface area contributed by atoms with E-state index in [1.165, 1.54) is 18.5 Å². The molecule has 0 bridgehead atoms. The summed E-state index contributed by atoms with van der Waals surface area (Å²) in [6.07, 6.45) is 6.29. The van der Waals surface area contributed by atoms with Gasteiger partial charge in [0.25, 0.3) is 0 Å². The minimum absolute atomic E-state index is 0.0872. The van der Waals surface area contributed by atoms with E-state index in [-0.39, 0.29) is 6.10 Å². The van der Waals surface area contributed by atoms with Crippen LogP contribution in [-0.2, 0) is 4.74 Å². The zero-order valence-electron chi connectivity index (χ0n) is 21.3. The molecule has 4 heterocycles. The molecule has 2 aliphatic rings. The molecule has 0 aliphatic carbocycles. The lowest BCUT2D eigenvalue weighted by molar-refractivity contribution is 0.0544. The molecular formula is C28H30FN7O2. The lowest BCUT2D eigenvalue weighted by Crippen LogP contribution is -2.35. The smallest absolute Gasteiger partial charge is 0.181 e. The highest BCUT2D eigenvalue weighted by atomic mass is 19.1. The molecule has 10 heteroatoms. The molecule has 196 valence electrons. The Morgan fingerprint density at radius 2 is 2.05 bits per heavy atom. The Morgan fingerprint density at radius 3 is 2.79 bits per heavy atom. The molecule has 0 unspecified atom stereocenters. The second-order valence-corrected chi connectivity index (χ2v) is 9.26. The number of hydrogen-bond acceptors (Lipinski definition) is 8. The van der Waals surface area contributed by atoms with Crippen LogP contribution in [0.2, 0.25) is 0 Å². The highest BCUT2D eigenvalue weighted by Gasteiger charge is 2.19. The number of hydrogen-bond donors (Lipinski definition) is 2. The highest BCUT2D eigenvalue weighted by Crippen LogP contribution is 2.31. The predicted molar refractivity (Wildman–Crippen MR) is 143 cm³/mol. The van der Waals surface area contributed by atoms with E-state index >= 15 is 4.39 Å². The van der Waals surface area contributed by atoms with Gasteiger partial charge >= 0.3 is 0 Å². The van der Waals surface area contributed by atoms with Crippen LogP contribution in [-0.4, -0.2) is 70.3 Å². The lowest BCUT2D eigenvalue weighted by atomic mass is 10.1. The van der Waals surface area contributed by atoms with Gasteiger partial charge in [0.1, 0.15) is 41.4 Å². The van der Waals surface area contributed by atoms with Crippen LogP contribution in [0.5, 0.6) is 5.75 Å². The first kappa shape index (κ1) is 25.6. The van der Waals surface area contributed by atoms with Crippen LogP contribution < -0.4 is 10.1 Å². The summed E-state index contributed by atoms with van der Waals surface area (Å²) in [6.45, 7) is 9.70. The van der Waals surface area contributed by atoms with Gasteiger partial charge in [-0.2, -0.15) is 5.26 Å². The number of aromatic nitrogens is 4. The van der Waals surface area contributed by atoms with Crippen molar-refractivity contribution in [3.05, 3.63) is 66.2 Å². The minimum Gasteiger partial charge on any atom is -0.489 e. The molecule has 0 spiro atoms. The van der Waals surface area contributed by atoms with Crippen molar-refractivity contribution in [3.8, 4) is 23.1 Å². The molecule has 2 fully saturated rings. The number of morpholine rings is 1. The van der Waals surface area contributed by atoms with Crippen molar-refractivity contribution in [2.45, 2.75) is 25.9 Å². The van der Waals surface area contributed by atoms with Crippen LogP contribution >= 0.6 is 0 Å². The zero-order valence-corrected chi connectivity index (χ0v) is 21.3. The van der Waals surface area contributed by atoms with Crippen LogP contribution in [0.1, 0.15) is 31.2 Å². The Balaban J connectivity index is 1.45. The molecule has 38 heavy (non-hydrogen) atoms. The third kappa shape index (κ3) is 5.44. The molecule has 5 rings (SSSR count). The number of nitrogens with zero attached hydrogens (tertiary/aromatic N) is 5. The number of aromatic amines is 1. The molecule has 0 radical (unpaired) electrons. The van der Waals surface area contributed by atoms with Gasteiger partial charge in [0, 0.05) is 18.7 Å². The molecular weight excluding hydrogens is 485 g/mol. The lowest BCUT2D eigenvalue weighted by Gasteiger charge is -2.29. The molecule has 3 aromatic rings. The molecule has 2 aromatic heterocycles. The number of piperidine rings is 1. The largest absolute Gasteiger partial charge is 0.489 e. The monoisotopic (exact) mass is 515 g/mol. The summed E-state index contributed by atoms with van der Waals surface area (Å²) in [5.74, 6) is 0.654. The van der Waals surface area contributed by atoms with E-state index in [2.05, 4.69) is 37.9 Å². The van der Waals surface area contributed by atoms with E-state index in [1.807, 2.05) is 17.0 Å². The quantitative estimate of drug-likeness (QED) is 0.452. The van der Waals surface area contributed by atoms with Crippen molar-refractivity contribution < 1.29 is 13.9 Å². The van der Waals surface area contributed by atoms with E-state index in [1.54, 1.807) is 13.0 Å². The standard InChI is InChI=1S/C28H30FN7O2/c1-3-23(36-10-12-37-13-11-36)22(29)14-18(2)27-34-26-25(32-17-33-28(26)35-27)19-4-5-24(20(15-19)16-30)38-21-6-8-31-9-7-21/h3-5,14-15,17,21,31H,1,6-13H2,2H3,(H,32,33,34,35)/b18-14+,23-22-. The summed E-state index contributed by atoms with van der Waals surface area (Å²) in [5, 5.41) is 13.1. The minimum atomic E-state index is -0.394. The van der Waals surface area contributed by atoms with Gasteiger partial charge in [-0.25, -0.2) is 19.3 Å². The third-order valence-electron chi connectivity index (χ3n) is 6.75. The van der Waals surface area contributed by atoms with Crippen molar-refractivity contribution >= 4 is 16.7 Å². The first-order valence-electron chi connectivity index (χ1n) is 12.7. The molecule has 0 saturated carbocycles. The van der Waals surface area contributed by atoms with Gasteiger partial charge in [0.2, 0.25) is 0 Å². The summed E-state index contributed by atoms with van der Waals surface area (Å²) < 4.78 is 26.7. The van der Waals surface area contributed by atoms with Crippen molar-refractivity contribution in [1.29, 1.82) is 5.26 Å². The fraction of sp³-hybridized carbons (Fsp3) is 0.357. The van der Waals surface area contributed by atoms with Gasteiger partial charge in [-0.1, -0.05) is 6.58 Å². The summed E-state index contributed by atoms with van der Waals surface area (Å²) >= 11 is 0. The van der Waals surface area contributed by atoms with E-state index in [0.717, 1.165) is 31.5 Å². The van der Waals surface area contributed by atoms with Gasteiger partial charge in [-0.05, 0) is 68.8 Å². The van der Waals surface area contributed by atoms with Crippen LogP contribution in [0, 0.1) is 11.3 Å². The van der Waals surface area contributed by atoms with Crippen LogP contribution in [0.15, 0.2) is 54.8 Å². The van der Waals surface area contributed by atoms with Crippen LogP contribution in [0.3, 0.4) is 0 Å². The Bertz CT molecular complexity index is 1430. The second-order valence-electron chi connectivity index (χ2n) is 9.26. The van der Waals surface area contributed by atoms with E-state index < -0.39 is 5.83 Å². The Kier molecular flexibility index (Phi) is 7.77. The SMILES string of the molecule is C=C/C(=C(F)\C=C(/C)c1nc2ncnc(-c3ccc(OC4CCNCC4)c(C#N)c3)c2[nH]1)N1CCOCC1. The number of benzene rings is 1. The van der Waals surface area contributed by atoms with Gasteiger partial charge < -0.3 is 24.7 Å². The second kappa shape index (κ2) is 11.5. The number of H-pyrrole nitrogens is 1. The Labute approximate surface area is 220 Å². The zero-order chi connectivity index (χ0) is 26.5. The summed E-state index contributed by atoms with van der Waals surface area (Å²) in [7, 11) is 0. The van der Waals surface area contributed by atoms with Crippen molar-refractivity contribution in [3.63, 3.8) is 0 Å². The summed E-state index contributed by atoms with van der Waals surface area (Å²) in [4.78, 5) is 18.5. The van der Waals surface area contributed by atoms with E-state index in [4.69, 9.17) is 9.47 Å². The normalized spacial score (nSPS) is 17.7. The summed E-state index contributed by atoms with van der Waals surface area (Å²) in [6, 6.07) is 7.70. The number of ether oxygens (including phenoxy) is 2. The van der Waals surface area contributed by atoms with Gasteiger partial charge in [-0.15, -0.1) is 0 Å². The molecule has 9 nitrogen and oxygen atoms in total. The predicted octanol–water partition coefficient (Wildman–Crippen LogP) is 4.12. The number of imidazole rings is 1. The van der Waals surface area contributed by atoms with Crippen LogP contribution in [0.25, 0.3) is 28.0 Å². The molecule has 0 amide bonds. The number of nitrogens with one attached hydrogen (secondary N) is 2. The molecule has 2 aliphatic heterocycles. The maximum absolute atomic E-state index is 15.2. The number of allylic oxidation sites excluding steroid dienone is 4.